The molecule has 5 heteroatoms. The largest absolute Gasteiger partial charge is 0.348 e. The van der Waals surface area contributed by atoms with Crippen LogP contribution >= 0.6 is 23.2 Å². The molecule has 0 radical (unpaired) electrons. The molecule has 3 nitrogen and oxygen atoms in total. The fourth-order valence-corrected chi connectivity index (χ4v) is 2.63. The second kappa shape index (κ2) is 5.91. The molecular weight excluding hydrogens is 271 g/mol. The second-order valence-electron chi connectivity index (χ2n) is 4.65. The lowest BCUT2D eigenvalue weighted by molar-refractivity contribution is 0.0921. The van der Waals surface area contributed by atoms with Crippen molar-refractivity contribution < 1.29 is 4.79 Å². The van der Waals surface area contributed by atoms with Crippen molar-refractivity contribution in [2.24, 2.45) is 5.73 Å². The predicted octanol–water partition coefficient (Wildman–Crippen LogP) is 2.99. The summed E-state index contributed by atoms with van der Waals surface area (Å²) in [6, 6.07) is 4.92. The minimum Gasteiger partial charge on any atom is -0.348 e. The van der Waals surface area contributed by atoms with Crippen molar-refractivity contribution >= 4 is 29.1 Å². The average molecular weight is 287 g/mol. The number of nitrogens with two attached hydrogens (primary N) is 1. The molecule has 0 bridgehead atoms. The first-order chi connectivity index (χ1) is 8.58. The number of benzene rings is 1. The highest BCUT2D eigenvalue weighted by molar-refractivity contribution is 6.35. The number of hydrogen-bond acceptors (Lipinski definition) is 2. The average Bonchev–Trinajstić information content (AvgIpc) is 2.35. The molecule has 1 amide bonds. The molecule has 0 spiro atoms. The van der Waals surface area contributed by atoms with Crippen LogP contribution in [0, 0.1) is 0 Å². The van der Waals surface area contributed by atoms with Gasteiger partial charge in [-0.15, -0.1) is 0 Å². The molecule has 98 valence electrons. The number of halogens is 2. The number of nitrogens with one attached hydrogen (secondary N) is 1. The number of carbonyl (C=O) groups is 1. The Labute approximate surface area is 117 Å². The third kappa shape index (κ3) is 3.16. The van der Waals surface area contributed by atoms with Crippen LogP contribution in [0.5, 0.6) is 0 Å². The predicted molar refractivity (Wildman–Crippen MR) is 74.2 cm³/mol. The third-order valence-electron chi connectivity index (χ3n) is 3.31. The Bertz CT molecular complexity index is 451. The van der Waals surface area contributed by atoms with Gasteiger partial charge in [0.15, 0.2) is 0 Å². The van der Waals surface area contributed by atoms with Crippen molar-refractivity contribution in [2.75, 3.05) is 0 Å². The van der Waals surface area contributed by atoms with Crippen LogP contribution in [0.15, 0.2) is 18.2 Å². The van der Waals surface area contributed by atoms with E-state index in [0.29, 0.717) is 15.6 Å². The van der Waals surface area contributed by atoms with Crippen LogP contribution in [-0.4, -0.2) is 18.0 Å². The van der Waals surface area contributed by atoms with Crippen LogP contribution in [0.3, 0.4) is 0 Å². The Morgan fingerprint density at radius 1 is 1.28 bits per heavy atom. The third-order valence-corrected chi connectivity index (χ3v) is 3.87. The first-order valence-electron chi connectivity index (χ1n) is 6.09. The molecule has 1 aromatic rings. The maximum absolute atomic E-state index is 12.1. The summed E-state index contributed by atoms with van der Waals surface area (Å²) < 4.78 is 0. The molecule has 0 aromatic heterocycles. The molecule has 1 aliphatic rings. The maximum Gasteiger partial charge on any atom is 0.253 e. The Morgan fingerprint density at radius 3 is 2.72 bits per heavy atom. The highest BCUT2D eigenvalue weighted by Crippen LogP contribution is 2.22. The fraction of sp³-hybridized carbons (Fsp3) is 0.462. The molecule has 2 rings (SSSR count). The maximum atomic E-state index is 12.1. The molecule has 1 fully saturated rings. The van der Waals surface area contributed by atoms with Gasteiger partial charge in [0.1, 0.15) is 0 Å². The summed E-state index contributed by atoms with van der Waals surface area (Å²) in [7, 11) is 0. The summed E-state index contributed by atoms with van der Waals surface area (Å²) in [4.78, 5) is 12.1. The summed E-state index contributed by atoms with van der Waals surface area (Å²) in [6.07, 6.45) is 4.10. The lowest BCUT2D eigenvalue weighted by Gasteiger charge is -2.29. The lowest BCUT2D eigenvalue weighted by Crippen LogP contribution is -2.49. The van der Waals surface area contributed by atoms with Gasteiger partial charge >= 0.3 is 0 Å². The van der Waals surface area contributed by atoms with Crippen molar-refractivity contribution in [1.29, 1.82) is 0 Å². The van der Waals surface area contributed by atoms with E-state index in [4.69, 9.17) is 28.9 Å². The molecule has 1 aromatic carbocycles. The van der Waals surface area contributed by atoms with E-state index < -0.39 is 0 Å². The fourth-order valence-electron chi connectivity index (χ4n) is 2.26. The van der Waals surface area contributed by atoms with E-state index in [9.17, 15) is 4.79 Å². The van der Waals surface area contributed by atoms with Crippen LogP contribution in [-0.2, 0) is 0 Å². The highest BCUT2D eigenvalue weighted by Gasteiger charge is 2.24. The summed E-state index contributed by atoms with van der Waals surface area (Å²) in [5.41, 5.74) is 6.40. The molecule has 1 aliphatic carbocycles. The van der Waals surface area contributed by atoms with Crippen molar-refractivity contribution in [2.45, 2.75) is 37.8 Å². The first-order valence-corrected chi connectivity index (χ1v) is 6.85. The van der Waals surface area contributed by atoms with Crippen LogP contribution < -0.4 is 11.1 Å². The first kappa shape index (κ1) is 13.7. The highest BCUT2D eigenvalue weighted by atomic mass is 35.5. The quantitative estimate of drug-likeness (QED) is 0.878. The Balaban J connectivity index is 2.09. The van der Waals surface area contributed by atoms with Crippen molar-refractivity contribution in [1.82, 2.24) is 5.32 Å². The zero-order chi connectivity index (χ0) is 13.1. The molecule has 0 aliphatic heterocycles. The Morgan fingerprint density at radius 2 is 2.00 bits per heavy atom. The van der Waals surface area contributed by atoms with Gasteiger partial charge in [-0.3, -0.25) is 4.79 Å². The van der Waals surface area contributed by atoms with Gasteiger partial charge < -0.3 is 11.1 Å². The Kier molecular flexibility index (Phi) is 4.49. The molecule has 18 heavy (non-hydrogen) atoms. The van der Waals surface area contributed by atoms with Crippen LogP contribution in [0.25, 0.3) is 0 Å². The number of amides is 1. The molecule has 0 heterocycles. The van der Waals surface area contributed by atoms with Gasteiger partial charge in [0.05, 0.1) is 10.6 Å². The van der Waals surface area contributed by atoms with E-state index in [-0.39, 0.29) is 18.0 Å². The van der Waals surface area contributed by atoms with Gasteiger partial charge in [-0.25, -0.2) is 0 Å². The van der Waals surface area contributed by atoms with Crippen molar-refractivity contribution in [3.8, 4) is 0 Å². The van der Waals surface area contributed by atoms with Gasteiger partial charge in [-0.05, 0) is 31.0 Å². The van der Waals surface area contributed by atoms with Gasteiger partial charge in [0, 0.05) is 17.1 Å². The van der Waals surface area contributed by atoms with Crippen molar-refractivity contribution in [3.05, 3.63) is 33.8 Å². The molecule has 2 atom stereocenters. The molecule has 1 saturated carbocycles. The summed E-state index contributed by atoms with van der Waals surface area (Å²) in [6.45, 7) is 0. The van der Waals surface area contributed by atoms with E-state index in [1.165, 1.54) is 0 Å². The van der Waals surface area contributed by atoms with Gasteiger partial charge in [0.25, 0.3) is 5.91 Å². The van der Waals surface area contributed by atoms with E-state index in [1.807, 2.05) is 0 Å². The molecular formula is C13H16Cl2N2O. The number of hydrogen-bond donors (Lipinski definition) is 2. The van der Waals surface area contributed by atoms with E-state index in [0.717, 1.165) is 25.7 Å². The van der Waals surface area contributed by atoms with Gasteiger partial charge in [-0.2, -0.15) is 0 Å². The lowest BCUT2D eigenvalue weighted by atomic mass is 9.91. The van der Waals surface area contributed by atoms with E-state index >= 15 is 0 Å². The zero-order valence-corrected chi connectivity index (χ0v) is 11.5. The zero-order valence-electron chi connectivity index (χ0n) is 9.96. The van der Waals surface area contributed by atoms with Crippen LogP contribution in [0.2, 0.25) is 10.0 Å². The smallest absolute Gasteiger partial charge is 0.253 e. The normalized spacial score (nSPS) is 23.7. The Hall–Kier alpha value is -0.770. The number of rotatable bonds is 2. The summed E-state index contributed by atoms with van der Waals surface area (Å²) in [5, 5.41) is 3.85. The molecule has 3 N–H and O–H groups in total. The minimum absolute atomic E-state index is 0.0284. The summed E-state index contributed by atoms with van der Waals surface area (Å²) in [5.74, 6) is -0.204. The van der Waals surface area contributed by atoms with Crippen LogP contribution in [0.4, 0.5) is 0 Å². The second-order valence-corrected chi connectivity index (χ2v) is 5.50. The van der Waals surface area contributed by atoms with Crippen molar-refractivity contribution in [3.63, 3.8) is 0 Å². The number of carbonyl (C=O) groups excluding carboxylic acids is 1. The van der Waals surface area contributed by atoms with Crippen LogP contribution in [0.1, 0.15) is 36.0 Å². The molecule has 2 unspecified atom stereocenters. The molecule has 0 saturated heterocycles. The summed E-state index contributed by atoms with van der Waals surface area (Å²) >= 11 is 11.9. The van der Waals surface area contributed by atoms with E-state index in [2.05, 4.69) is 5.32 Å². The minimum atomic E-state index is -0.204. The standard InChI is InChI=1S/C13H16Cl2N2O/c14-8-5-6-10(15)9(7-8)13(18)17-12-4-2-1-3-11(12)16/h5-7,11-12H,1-4,16H2,(H,17,18). The SMILES string of the molecule is NC1CCCCC1NC(=O)c1cc(Cl)ccc1Cl. The van der Waals surface area contributed by atoms with Gasteiger partial charge in [0.2, 0.25) is 0 Å². The van der Waals surface area contributed by atoms with E-state index in [1.54, 1.807) is 18.2 Å². The topological polar surface area (TPSA) is 55.1 Å². The van der Waals surface area contributed by atoms with Gasteiger partial charge in [-0.1, -0.05) is 36.0 Å². The monoisotopic (exact) mass is 286 g/mol.